The van der Waals surface area contributed by atoms with E-state index in [-0.39, 0.29) is 22.8 Å². The number of H-pyrrole nitrogens is 1. The molecule has 1 aliphatic rings. The fourth-order valence-electron chi connectivity index (χ4n) is 1.88. The second kappa shape index (κ2) is 5.09. The van der Waals surface area contributed by atoms with E-state index in [2.05, 4.69) is 26.2 Å². The number of aromatic nitrogens is 1. The highest BCUT2D eigenvalue weighted by atomic mass is 79.9. The monoisotopic (exact) mass is 315 g/mol. The molecule has 2 N–H and O–H groups in total. The van der Waals surface area contributed by atoms with Crippen LogP contribution in [0.5, 0.6) is 0 Å². The van der Waals surface area contributed by atoms with Crippen molar-refractivity contribution in [3.05, 3.63) is 27.9 Å². The van der Waals surface area contributed by atoms with Gasteiger partial charge in [0.05, 0.1) is 0 Å². The van der Waals surface area contributed by atoms with Gasteiger partial charge in [0, 0.05) is 17.9 Å². The molecule has 1 aliphatic carbocycles. The average molecular weight is 316 g/mol. The summed E-state index contributed by atoms with van der Waals surface area (Å²) in [7, 11) is 0. The largest absolute Gasteiger partial charge is 0.358 e. The van der Waals surface area contributed by atoms with E-state index in [0.717, 1.165) is 24.6 Å². The lowest BCUT2D eigenvalue weighted by atomic mass is 10.0. The second-order valence-electron chi connectivity index (χ2n) is 4.64. The van der Waals surface area contributed by atoms with Gasteiger partial charge in [0.2, 0.25) is 0 Å². The Hall–Kier alpha value is -1.37. The third kappa shape index (κ3) is 2.90. The van der Waals surface area contributed by atoms with Crippen molar-refractivity contribution >= 4 is 27.7 Å². The minimum absolute atomic E-state index is 0.165. The molecule has 1 heterocycles. The first-order valence-electron chi connectivity index (χ1n) is 5.74. The van der Waals surface area contributed by atoms with Crippen LogP contribution in [0, 0.1) is 15.5 Å². The molecule has 1 fully saturated rings. The number of amides is 1. The number of hydrogen-bond acceptors (Lipinski definition) is 3. The molecule has 18 heavy (non-hydrogen) atoms. The molecule has 2 rings (SSSR count). The van der Waals surface area contributed by atoms with Crippen molar-refractivity contribution in [3.8, 4) is 0 Å². The van der Waals surface area contributed by atoms with Gasteiger partial charge >= 0.3 is 5.82 Å². The van der Waals surface area contributed by atoms with Crippen molar-refractivity contribution in [1.29, 1.82) is 0 Å². The summed E-state index contributed by atoms with van der Waals surface area (Å²) in [5, 5.41) is 14.2. The highest BCUT2D eigenvalue weighted by Crippen LogP contribution is 2.48. The number of nitrogens with zero attached hydrogens (tertiary/aromatic N) is 1. The normalized spacial score (nSPS) is 16.3. The Balaban J connectivity index is 1.89. The topological polar surface area (TPSA) is 88.0 Å². The Bertz CT molecular complexity index is 468. The van der Waals surface area contributed by atoms with E-state index in [1.807, 2.05) is 0 Å². The van der Waals surface area contributed by atoms with Gasteiger partial charge in [-0.3, -0.25) is 4.79 Å². The van der Waals surface area contributed by atoms with Crippen LogP contribution in [0.4, 0.5) is 5.82 Å². The lowest BCUT2D eigenvalue weighted by molar-refractivity contribution is -0.389. The Morgan fingerprint density at radius 3 is 2.78 bits per heavy atom. The van der Waals surface area contributed by atoms with Crippen LogP contribution in [0.25, 0.3) is 0 Å². The number of carbonyl (C=O) groups is 1. The molecule has 0 atom stereocenters. The second-order valence-corrected chi connectivity index (χ2v) is 5.43. The first kappa shape index (κ1) is 13.1. The maximum atomic E-state index is 11.8. The van der Waals surface area contributed by atoms with Crippen LogP contribution in [0.2, 0.25) is 0 Å². The maximum absolute atomic E-state index is 11.8. The first-order valence-corrected chi connectivity index (χ1v) is 6.86. The number of carbonyl (C=O) groups excluding carboxylic acids is 1. The predicted molar refractivity (Wildman–Crippen MR) is 69.9 cm³/mol. The van der Waals surface area contributed by atoms with E-state index in [1.165, 1.54) is 12.1 Å². The van der Waals surface area contributed by atoms with Crippen molar-refractivity contribution in [3.63, 3.8) is 0 Å². The van der Waals surface area contributed by atoms with Crippen LogP contribution in [-0.4, -0.2) is 27.7 Å². The summed E-state index contributed by atoms with van der Waals surface area (Å²) in [6.45, 7) is 0.629. The predicted octanol–water partition coefficient (Wildman–Crippen LogP) is 2.22. The van der Waals surface area contributed by atoms with Gasteiger partial charge in [-0.1, -0.05) is 15.9 Å². The highest BCUT2D eigenvalue weighted by molar-refractivity contribution is 9.09. The standard InChI is InChI=1S/C11H14BrN3O3/c12-6-5-11(3-4-11)7-13-10(16)8-1-2-9(14-8)15(17)18/h1-2,14H,3-7H2,(H,13,16). The zero-order valence-corrected chi connectivity index (χ0v) is 11.3. The highest BCUT2D eigenvalue weighted by Gasteiger charge is 2.41. The summed E-state index contributed by atoms with van der Waals surface area (Å²) in [5.74, 6) is -0.453. The lowest BCUT2D eigenvalue weighted by Gasteiger charge is -2.13. The number of halogens is 1. The lowest BCUT2D eigenvalue weighted by Crippen LogP contribution is -2.30. The molecular formula is C11H14BrN3O3. The fraction of sp³-hybridized carbons (Fsp3) is 0.545. The SMILES string of the molecule is O=C(NCC1(CCBr)CC1)c1ccc([N+](=O)[O-])[nH]1. The van der Waals surface area contributed by atoms with E-state index in [0.29, 0.717) is 6.54 Å². The summed E-state index contributed by atoms with van der Waals surface area (Å²) < 4.78 is 0. The summed E-state index contributed by atoms with van der Waals surface area (Å²) in [6.07, 6.45) is 3.30. The first-order chi connectivity index (χ1) is 8.56. The Kier molecular flexibility index (Phi) is 3.70. The third-order valence-corrected chi connectivity index (χ3v) is 3.71. The molecular weight excluding hydrogens is 302 g/mol. The van der Waals surface area contributed by atoms with Crippen LogP contribution in [0.1, 0.15) is 29.8 Å². The van der Waals surface area contributed by atoms with Crippen molar-refractivity contribution in [2.45, 2.75) is 19.3 Å². The van der Waals surface area contributed by atoms with Crippen LogP contribution >= 0.6 is 15.9 Å². The fourth-order valence-corrected chi connectivity index (χ4v) is 2.72. The van der Waals surface area contributed by atoms with Crippen LogP contribution in [-0.2, 0) is 0 Å². The van der Waals surface area contributed by atoms with Gasteiger partial charge in [-0.05, 0) is 35.7 Å². The quantitative estimate of drug-likeness (QED) is 0.479. The Morgan fingerprint density at radius 1 is 1.56 bits per heavy atom. The van der Waals surface area contributed by atoms with E-state index in [4.69, 9.17) is 0 Å². The van der Waals surface area contributed by atoms with E-state index >= 15 is 0 Å². The molecule has 0 spiro atoms. The third-order valence-electron chi connectivity index (χ3n) is 3.32. The molecule has 0 saturated heterocycles. The van der Waals surface area contributed by atoms with Crippen LogP contribution in [0.15, 0.2) is 12.1 Å². The number of hydrogen-bond donors (Lipinski definition) is 2. The smallest absolute Gasteiger partial charge is 0.321 e. The van der Waals surface area contributed by atoms with Gasteiger partial charge in [0.25, 0.3) is 5.91 Å². The molecule has 7 heteroatoms. The number of alkyl halides is 1. The molecule has 0 aliphatic heterocycles. The average Bonchev–Trinajstić information content (AvgIpc) is 2.92. The number of aromatic amines is 1. The summed E-state index contributed by atoms with van der Waals surface area (Å²) >= 11 is 3.40. The van der Waals surface area contributed by atoms with Gasteiger partial charge in [0.1, 0.15) is 0 Å². The van der Waals surface area contributed by atoms with Crippen molar-refractivity contribution < 1.29 is 9.72 Å². The van der Waals surface area contributed by atoms with Crippen LogP contribution in [0.3, 0.4) is 0 Å². The van der Waals surface area contributed by atoms with E-state index < -0.39 is 4.92 Å². The summed E-state index contributed by atoms with van der Waals surface area (Å²) in [6, 6.07) is 2.72. The molecule has 98 valence electrons. The summed E-state index contributed by atoms with van der Waals surface area (Å²) in [4.78, 5) is 24.2. The molecule has 0 bridgehead atoms. The van der Waals surface area contributed by atoms with Gasteiger partial charge in [-0.2, -0.15) is 0 Å². The molecule has 6 nitrogen and oxygen atoms in total. The minimum atomic E-state index is -0.552. The Morgan fingerprint density at radius 2 is 2.28 bits per heavy atom. The van der Waals surface area contributed by atoms with Gasteiger partial charge in [-0.15, -0.1) is 0 Å². The molecule has 1 aromatic heterocycles. The molecule has 0 radical (unpaired) electrons. The maximum Gasteiger partial charge on any atom is 0.321 e. The van der Waals surface area contributed by atoms with Gasteiger partial charge in [-0.25, -0.2) is 4.98 Å². The summed E-state index contributed by atoms with van der Waals surface area (Å²) in [5.41, 5.74) is 0.467. The van der Waals surface area contributed by atoms with Gasteiger partial charge < -0.3 is 15.4 Å². The zero-order chi connectivity index (χ0) is 13.2. The molecule has 1 aromatic rings. The molecule has 0 unspecified atom stereocenters. The Labute approximate surface area is 112 Å². The number of rotatable bonds is 6. The van der Waals surface area contributed by atoms with Crippen LogP contribution < -0.4 is 5.32 Å². The number of nitro groups is 1. The molecule has 1 amide bonds. The van der Waals surface area contributed by atoms with E-state index in [1.54, 1.807) is 0 Å². The molecule has 1 saturated carbocycles. The zero-order valence-electron chi connectivity index (χ0n) is 9.74. The minimum Gasteiger partial charge on any atom is -0.358 e. The molecule has 0 aromatic carbocycles. The van der Waals surface area contributed by atoms with Gasteiger partial charge in [0.15, 0.2) is 5.69 Å². The van der Waals surface area contributed by atoms with Crippen molar-refractivity contribution in [1.82, 2.24) is 10.3 Å². The van der Waals surface area contributed by atoms with Crippen molar-refractivity contribution in [2.24, 2.45) is 5.41 Å². The van der Waals surface area contributed by atoms with E-state index in [9.17, 15) is 14.9 Å². The number of nitrogens with one attached hydrogen (secondary N) is 2. The van der Waals surface area contributed by atoms with Crippen molar-refractivity contribution in [2.75, 3.05) is 11.9 Å².